The van der Waals surface area contributed by atoms with Gasteiger partial charge in [0.1, 0.15) is 17.7 Å². The number of rotatable bonds is 6. The maximum absolute atomic E-state index is 12.9. The van der Waals surface area contributed by atoms with Crippen LogP contribution in [-0.2, 0) is 11.2 Å². The number of aliphatic hydroxyl groups excluding tert-OH is 1. The first-order valence-electron chi connectivity index (χ1n) is 8.39. The molecule has 5 heteroatoms. The number of benzene rings is 1. The zero-order chi connectivity index (χ0) is 16.9. The van der Waals surface area contributed by atoms with Crippen molar-refractivity contribution in [3.8, 4) is 0 Å². The minimum absolute atomic E-state index is 0.0471. The standard InChI is InChI=1S/C19H22FNO3/c20-15-8-5-14(6-9-15)7-10-19(23)21-11-1-3-16(21)13-17(22)18-4-2-12-24-18/h2,4-6,8-9,12,16-17,22H,1,3,7,10-11,13H2/t16-,17+/m0/s1. The Morgan fingerprint density at radius 2 is 2.12 bits per heavy atom. The summed E-state index contributed by atoms with van der Waals surface area (Å²) in [5.41, 5.74) is 0.955. The molecular formula is C19H22FNO3. The Morgan fingerprint density at radius 1 is 1.33 bits per heavy atom. The lowest BCUT2D eigenvalue weighted by Gasteiger charge is -2.26. The largest absolute Gasteiger partial charge is 0.467 e. The van der Waals surface area contributed by atoms with Crippen molar-refractivity contribution in [2.75, 3.05) is 6.54 Å². The molecule has 2 aromatic rings. The predicted molar refractivity (Wildman–Crippen MR) is 87.7 cm³/mol. The normalized spacial score (nSPS) is 18.8. The van der Waals surface area contributed by atoms with Crippen molar-refractivity contribution >= 4 is 5.91 Å². The van der Waals surface area contributed by atoms with Crippen LogP contribution in [-0.4, -0.2) is 28.5 Å². The second-order valence-electron chi connectivity index (χ2n) is 6.28. The second-order valence-corrected chi connectivity index (χ2v) is 6.28. The van der Waals surface area contributed by atoms with E-state index in [1.807, 2.05) is 4.90 Å². The smallest absolute Gasteiger partial charge is 0.223 e. The summed E-state index contributed by atoms with van der Waals surface area (Å²) in [6.07, 6.45) is 4.21. The number of carbonyl (C=O) groups is 1. The maximum atomic E-state index is 12.9. The summed E-state index contributed by atoms with van der Waals surface area (Å²) < 4.78 is 18.1. The molecule has 0 bridgehead atoms. The van der Waals surface area contributed by atoms with Gasteiger partial charge in [-0.2, -0.15) is 0 Å². The molecule has 1 aliphatic rings. The van der Waals surface area contributed by atoms with Crippen LogP contribution in [0.2, 0.25) is 0 Å². The SMILES string of the molecule is O=C(CCc1ccc(F)cc1)N1CCC[C@H]1C[C@@H](O)c1ccco1. The molecule has 24 heavy (non-hydrogen) atoms. The van der Waals surface area contributed by atoms with Crippen LogP contribution in [0.4, 0.5) is 4.39 Å². The lowest BCUT2D eigenvalue weighted by atomic mass is 10.0. The number of aryl methyl sites for hydroxylation is 1. The van der Waals surface area contributed by atoms with Crippen LogP contribution in [0.15, 0.2) is 47.1 Å². The lowest BCUT2D eigenvalue weighted by Crippen LogP contribution is -2.36. The van der Waals surface area contributed by atoms with Gasteiger partial charge in [-0.05, 0) is 49.1 Å². The van der Waals surface area contributed by atoms with Gasteiger partial charge in [0.05, 0.1) is 6.26 Å². The van der Waals surface area contributed by atoms with Gasteiger partial charge in [-0.1, -0.05) is 12.1 Å². The Balaban J connectivity index is 1.54. The fourth-order valence-electron chi connectivity index (χ4n) is 3.31. The van der Waals surface area contributed by atoms with Gasteiger partial charge >= 0.3 is 0 Å². The summed E-state index contributed by atoms with van der Waals surface area (Å²) in [6, 6.07) is 9.80. The molecule has 0 saturated carbocycles. The molecule has 1 amide bonds. The number of hydrogen-bond acceptors (Lipinski definition) is 3. The van der Waals surface area contributed by atoms with E-state index in [-0.39, 0.29) is 17.8 Å². The van der Waals surface area contributed by atoms with E-state index in [9.17, 15) is 14.3 Å². The molecule has 0 aliphatic carbocycles. The highest BCUT2D eigenvalue weighted by molar-refractivity contribution is 5.77. The molecule has 1 aromatic carbocycles. The van der Waals surface area contributed by atoms with Crippen molar-refractivity contribution in [1.82, 2.24) is 4.90 Å². The van der Waals surface area contributed by atoms with E-state index in [2.05, 4.69) is 0 Å². The van der Waals surface area contributed by atoms with E-state index in [1.54, 1.807) is 30.5 Å². The van der Waals surface area contributed by atoms with Gasteiger partial charge < -0.3 is 14.4 Å². The molecule has 1 saturated heterocycles. The number of hydrogen-bond donors (Lipinski definition) is 1. The average molecular weight is 331 g/mol. The summed E-state index contributed by atoms with van der Waals surface area (Å²) in [5, 5.41) is 10.2. The van der Waals surface area contributed by atoms with Crippen molar-refractivity contribution in [3.63, 3.8) is 0 Å². The zero-order valence-corrected chi connectivity index (χ0v) is 13.5. The zero-order valence-electron chi connectivity index (χ0n) is 13.5. The molecule has 3 rings (SSSR count). The molecule has 4 nitrogen and oxygen atoms in total. The second kappa shape index (κ2) is 7.62. The van der Waals surface area contributed by atoms with E-state index in [0.717, 1.165) is 24.9 Å². The summed E-state index contributed by atoms with van der Waals surface area (Å²) in [6.45, 7) is 0.734. The minimum atomic E-state index is -0.685. The van der Waals surface area contributed by atoms with Gasteiger partial charge in [0, 0.05) is 25.4 Å². The molecule has 1 aliphatic heterocycles. The third-order valence-corrected chi connectivity index (χ3v) is 4.61. The van der Waals surface area contributed by atoms with Crippen LogP contribution in [0.1, 0.15) is 43.1 Å². The predicted octanol–water partition coefficient (Wildman–Crippen LogP) is 3.47. The van der Waals surface area contributed by atoms with Crippen molar-refractivity contribution in [2.24, 2.45) is 0 Å². The molecule has 2 atom stereocenters. The third kappa shape index (κ3) is 4.03. The fraction of sp³-hybridized carbons (Fsp3) is 0.421. The van der Waals surface area contributed by atoms with Gasteiger partial charge in [-0.15, -0.1) is 0 Å². The highest BCUT2D eigenvalue weighted by atomic mass is 19.1. The molecule has 2 heterocycles. The van der Waals surface area contributed by atoms with E-state index in [4.69, 9.17) is 4.42 Å². The van der Waals surface area contributed by atoms with Gasteiger partial charge in [0.15, 0.2) is 0 Å². The Labute approximate surface area is 140 Å². The topological polar surface area (TPSA) is 53.7 Å². The number of furan rings is 1. The summed E-state index contributed by atoms with van der Waals surface area (Å²) >= 11 is 0. The number of aliphatic hydroxyl groups is 1. The van der Waals surface area contributed by atoms with Crippen LogP contribution in [0, 0.1) is 5.82 Å². The molecule has 128 valence electrons. The van der Waals surface area contributed by atoms with Crippen molar-refractivity contribution in [1.29, 1.82) is 0 Å². The minimum Gasteiger partial charge on any atom is -0.467 e. The Kier molecular flexibility index (Phi) is 5.30. The van der Waals surface area contributed by atoms with Crippen LogP contribution >= 0.6 is 0 Å². The Bertz CT molecular complexity index is 654. The lowest BCUT2D eigenvalue weighted by molar-refractivity contribution is -0.132. The first-order valence-corrected chi connectivity index (χ1v) is 8.39. The third-order valence-electron chi connectivity index (χ3n) is 4.61. The van der Waals surface area contributed by atoms with E-state index in [0.29, 0.717) is 25.0 Å². The molecule has 0 unspecified atom stereocenters. The van der Waals surface area contributed by atoms with Crippen LogP contribution in [0.5, 0.6) is 0 Å². The highest BCUT2D eigenvalue weighted by Gasteiger charge is 2.30. The van der Waals surface area contributed by atoms with Gasteiger partial charge in [0.2, 0.25) is 5.91 Å². The number of halogens is 1. The fourth-order valence-corrected chi connectivity index (χ4v) is 3.31. The van der Waals surface area contributed by atoms with E-state index in [1.165, 1.54) is 12.1 Å². The van der Waals surface area contributed by atoms with Gasteiger partial charge in [0.25, 0.3) is 0 Å². The van der Waals surface area contributed by atoms with Crippen LogP contribution in [0.25, 0.3) is 0 Å². The molecule has 1 aromatic heterocycles. The Hall–Kier alpha value is -2.14. The Morgan fingerprint density at radius 3 is 2.83 bits per heavy atom. The molecule has 1 N–H and O–H groups in total. The maximum Gasteiger partial charge on any atom is 0.223 e. The summed E-state index contributed by atoms with van der Waals surface area (Å²) in [7, 11) is 0. The van der Waals surface area contributed by atoms with Gasteiger partial charge in [-0.3, -0.25) is 4.79 Å². The van der Waals surface area contributed by atoms with Crippen LogP contribution < -0.4 is 0 Å². The number of amides is 1. The average Bonchev–Trinajstić information content (AvgIpc) is 3.25. The summed E-state index contributed by atoms with van der Waals surface area (Å²) in [4.78, 5) is 14.4. The van der Waals surface area contributed by atoms with Crippen LogP contribution in [0.3, 0.4) is 0 Å². The quantitative estimate of drug-likeness (QED) is 0.882. The van der Waals surface area contributed by atoms with E-state index >= 15 is 0 Å². The monoisotopic (exact) mass is 331 g/mol. The molecular weight excluding hydrogens is 309 g/mol. The molecule has 0 spiro atoms. The number of likely N-dealkylation sites (tertiary alicyclic amines) is 1. The molecule has 0 radical (unpaired) electrons. The highest BCUT2D eigenvalue weighted by Crippen LogP contribution is 2.28. The summed E-state index contributed by atoms with van der Waals surface area (Å²) in [5.74, 6) is 0.366. The number of nitrogens with zero attached hydrogens (tertiary/aromatic N) is 1. The van der Waals surface area contributed by atoms with Crippen molar-refractivity contribution in [2.45, 2.75) is 44.2 Å². The van der Waals surface area contributed by atoms with Crippen molar-refractivity contribution in [3.05, 3.63) is 59.8 Å². The van der Waals surface area contributed by atoms with Crippen molar-refractivity contribution < 1.29 is 18.7 Å². The van der Waals surface area contributed by atoms with Gasteiger partial charge in [-0.25, -0.2) is 4.39 Å². The first kappa shape index (κ1) is 16.7. The number of carbonyl (C=O) groups excluding carboxylic acids is 1. The molecule has 1 fully saturated rings. The first-order chi connectivity index (χ1) is 11.6. The van der Waals surface area contributed by atoms with E-state index < -0.39 is 6.10 Å².